The molecular formula is C11H14N2O2S. The van der Waals surface area contributed by atoms with Crippen molar-refractivity contribution in [2.24, 2.45) is 5.73 Å². The highest BCUT2D eigenvalue weighted by atomic mass is 32.1. The van der Waals surface area contributed by atoms with E-state index in [9.17, 15) is 4.79 Å². The second kappa shape index (κ2) is 6.07. The Balaban J connectivity index is 2.33. The van der Waals surface area contributed by atoms with Crippen LogP contribution in [0.5, 0.6) is 5.75 Å². The third kappa shape index (κ3) is 4.27. The van der Waals surface area contributed by atoms with Gasteiger partial charge in [0.15, 0.2) is 6.61 Å². The summed E-state index contributed by atoms with van der Waals surface area (Å²) in [7, 11) is 0. The predicted octanol–water partition coefficient (Wildman–Crippen LogP) is 0.856. The van der Waals surface area contributed by atoms with E-state index in [1.54, 1.807) is 19.1 Å². The molecule has 1 aromatic rings. The van der Waals surface area contributed by atoms with E-state index in [-0.39, 0.29) is 23.5 Å². The van der Waals surface area contributed by atoms with Gasteiger partial charge in [-0.05, 0) is 19.1 Å². The van der Waals surface area contributed by atoms with E-state index in [0.717, 1.165) is 0 Å². The Hall–Kier alpha value is -1.62. The van der Waals surface area contributed by atoms with Crippen LogP contribution in [0, 0.1) is 0 Å². The van der Waals surface area contributed by atoms with Crippen molar-refractivity contribution in [3.05, 3.63) is 30.3 Å². The summed E-state index contributed by atoms with van der Waals surface area (Å²) in [5.41, 5.74) is 5.37. The molecule has 0 aliphatic carbocycles. The van der Waals surface area contributed by atoms with E-state index < -0.39 is 0 Å². The number of rotatable bonds is 5. The number of hydrogen-bond donors (Lipinski definition) is 2. The van der Waals surface area contributed by atoms with Crippen molar-refractivity contribution in [3.63, 3.8) is 0 Å². The lowest BCUT2D eigenvalue weighted by atomic mass is 10.3. The molecule has 1 atom stereocenters. The molecule has 0 saturated heterocycles. The fourth-order valence-electron chi connectivity index (χ4n) is 1.02. The molecule has 1 aromatic carbocycles. The van der Waals surface area contributed by atoms with Crippen LogP contribution in [0.2, 0.25) is 0 Å². The van der Waals surface area contributed by atoms with Gasteiger partial charge < -0.3 is 15.8 Å². The Morgan fingerprint density at radius 1 is 1.50 bits per heavy atom. The average Bonchev–Trinajstić information content (AvgIpc) is 2.27. The molecule has 16 heavy (non-hydrogen) atoms. The molecule has 0 fully saturated rings. The maximum absolute atomic E-state index is 11.4. The van der Waals surface area contributed by atoms with Crippen LogP contribution in [0.3, 0.4) is 0 Å². The first-order chi connectivity index (χ1) is 7.59. The van der Waals surface area contributed by atoms with Gasteiger partial charge in [-0.15, -0.1) is 0 Å². The summed E-state index contributed by atoms with van der Waals surface area (Å²) in [6, 6.07) is 8.80. The van der Waals surface area contributed by atoms with Gasteiger partial charge in [0, 0.05) is 0 Å². The molecule has 86 valence electrons. The maximum Gasteiger partial charge on any atom is 0.258 e. The molecule has 3 N–H and O–H groups in total. The van der Waals surface area contributed by atoms with Crippen molar-refractivity contribution in [2.45, 2.75) is 13.0 Å². The minimum absolute atomic E-state index is 0.0447. The van der Waals surface area contributed by atoms with Gasteiger partial charge in [-0.2, -0.15) is 0 Å². The van der Waals surface area contributed by atoms with Gasteiger partial charge in [0.1, 0.15) is 5.75 Å². The quantitative estimate of drug-likeness (QED) is 0.747. The predicted molar refractivity (Wildman–Crippen MR) is 66.3 cm³/mol. The van der Waals surface area contributed by atoms with Crippen LogP contribution in [0.4, 0.5) is 0 Å². The lowest BCUT2D eigenvalue weighted by Crippen LogP contribution is -2.43. The number of amides is 1. The van der Waals surface area contributed by atoms with Crippen LogP contribution in [-0.2, 0) is 4.79 Å². The lowest BCUT2D eigenvalue weighted by Gasteiger charge is -2.12. The second-order valence-corrected chi connectivity index (χ2v) is 3.76. The van der Waals surface area contributed by atoms with Crippen LogP contribution in [0.1, 0.15) is 6.92 Å². The second-order valence-electron chi connectivity index (χ2n) is 3.29. The topological polar surface area (TPSA) is 64.3 Å². The summed E-state index contributed by atoms with van der Waals surface area (Å²) in [5, 5.41) is 2.62. The Kier molecular flexibility index (Phi) is 4.72. The van der Waals surface area contributed by atoms with Crippen LogP contribution in [0.25, 0.3) is 0 Å². The number of benzene rings is 1. The highest BCUT2D eigenvalue weighted by Crippen LogP contribution is 2.07. The molecule has 0 saturated carbocycles. The van der Waals surface area contributed by atoms with E-state index in [1.807, 2.05) is 18.2 Å². The molecular weight excluding hydrogens is 224 g/mol. The first-order valence-corrected chi connectivity index (χ1v) is 5.27. The van der Waals surface area contributed by atoms with E-state index in [0.29, 0.717) is 5.75 Å². The number of nitrogens with two attached hydrogens (primary N) is 1. The number of hydrogen-bond acceptors (Lipinski definition) is 3. The number of thiocarbonyl (C=S) groups is 1. The fraction of sp³-hybridized carbons (Fsp3) is 0.273. The summed E-state index contributed by atoms with van der Waals surface area (Å²) >= 11 is 4.74. The monoisotopic (exact) mass is 238 g/mol. The Bertz CT molecular complexity index is 368. The van der Waals surface area contributed by atoms with Crippen LogP contribution < -0.4 is 15.8 Å². The molecule has 0 aliphatic rings. The van der Waals surface area contributed by atoms with Gasteiger partial charge in [0.25, 0.3) is 5.91 Å². The SMILES string of the molecule is CC(NC(=O)COc1ccccc1)C(N)=S. The lowest BCUT2D eigenvalue weighted by molar-refractivity contribution is -0.123. The Morgan fingerprint density at radius 3 is 2.69 bits per heavy atom. The van der Waals surface area contributed by atoms with Crippen molar-refractivity contribution < 1.29 is 9.53 Å². The van der Waals surface area contributed by atoms with E-state index >= 15 is 0 Å². The summed E-state index contributed by atoms with van der Waals surface area (Å²) in [6.07, 6.45) is 0. The molecule has 0 bridgehead atoms. The molecule has 5 heteroatoms. The molecule has 1 amide bonds. The molecule has 0 aliphatic heterocycles. The smallest absolute Gasteiger partial charge is 0.258 e. The van der Waals surface area contributed by atoms with Crippen LogP contribution in [-0.4, -0.2) is 23.5 Å². The maximum atomic E-state index is 11.4. The average molecular weight is 238 g/mol. The summed E-state index contributed by atoms with van der Waals surface area (Å²) < 4.78 is 5.25. The standard InChI is InChI=1S/C11H14N2O2S/c1-8(11(12)16)13-10(14)7-15-9-5-3-2-4-6-9/h2-6,8H,7H2,1H3,(H2,12,16)(H,13,14). The number of ether oxygens (including phenoxy) is 1. The minimum atomic E-state index is -0.318. The fourth-order valence-corrected chi connectivity index (χ4v) is 1.08. The molecule has 4 nitrogen and oxygen atoms in total. The van der Waals surface area contributed by atoms with Gasteiger partial charge in [0.05, 0.1) is 11.0 Å². The molecule has 0 spiro atoms. The molecule has 0 aromatic heterocycles. The van der Waals surface area contributed by atoms with Gasteiger partial charge >= 0.3 is 0 Å². The highest BCUT2D eigenvalue weighted by molar-refractivity contribution is 7.80. The van der Waals surface area contributed by atoms with E-state index in [4.69, 9.17) is 22.7 Å². The zero-order valence-corrected chi connectivity index (χ0v) is 9.79. The van der Waals surface area contributed by atoms with Crippen molar-refractivity contribution in [3.8, 4) is 5.75 Å². The van der Waals surface area contributed by atoms with Crippen LogP contribution >= 0.6 is 12.2 Å². The van der Waals surface area contributed by atoms with E-state index in [1.165, 1.54) is 0 Å². The summed E-state index contributed by atoms with van der Waals surface area (Å²) in [5.74, 6) is 0.407. The van der Waals surface area contributed by atoms with E-state index in [2.05, 4.69) is 5.32 Å². The summed E-state index contributed by atoms with van der Waals surface area (Å²) in [6.45, 7) is 1.68. The molecule has 0 radical (unpaired) electrons. The number of carbonyl (C=O) groups excluding carboxylic acids is 1. The van der Waals surface area contributed by atoms with Gasteiger partial charge in [-0.3, -0.25) is 4.79 Å². The first-order valence-electron chi connectivity index (χ1n) is 4.86. The number of carbonyl (C=O) groups is 1. The Labute approximate surface area is 99.8 Å². The highest BCUT2D eigenvalue weighted by Gasteiger charge is 2.09. The molecule has 0 heterocycles. The summed E-state index contributed by atoms with van der Waals surface area (Å²) in [4.78, 5) is 11.6. The zero-order valence-electron chi connectivity index (χ0n) is 8.97. The largest absolute Gasteiger partial charge is 0.484 e. The zero-order chi connectivity index (χ0) is 12.0. The van der Waals surface area contributed by atoms with Crippen molar-refractivity contribution >= 4 is 23.1 Å². The number of para-hydroxylation sites is 1. The van der Waals surface area contributed by atoms with Crippen molar-refractivity contribution in [2.75, 3.05) is 6.61 Å². The third-order valence-corrected chi connectivity index (χ3v) is 2.27. The van der Waals surface area contributed by atoms with Crippen molar-refractivity contribution in [1.29, 1.82) is 0 Å². The van der Waals surface area contributed by atoms with Gasteiger partial charge in [-0.1, -0.05) is 30.4 Å². The van der Waals surface area contributed by atoms with Gasteiger partial charge in [0.2, 0.25) is 0 Å². The van der Waals surface area contributed by atoms with Gasteiger partial charge in [-0.25, -0.2) is 0 Å². The third-order valence-electron chi connectivity index (χ3n) is 1.92. The minimum Gasteiger partial charge on any atom is -0.484 e. The Morgan fingerprint density at radius 2 is 2.12 bits per heavy atom. The normalized spacial score (nSPS) is 11.6. The number of nitrogens with one attached hydrogen (secondary N) is 1. The van der Waals surface area contributed by atoms with Crippen molar-refractivity contribution in [1.82, 2.24) is 5.32 Å². The molecule has 1 unspecified atom stereocenters. The first kappa shape index (κ1) is 12.4. The molecule has 1 rings (SSSR count). The van der Waals surface area contributed by atoms with Crippen LogP contribution in [0.15, 0.2) is 30.3 Å².